The highest BCUT2D eigenvalue weighted by Gasteiger charge is 2.26. The lowest BCUT2D eigenvalue weighted by Crippen LogP contribution is -2.37. The molecule has 2 fully saturated rings. The van der Waals surface area contributed by atoms with Crippen LogP contribution in [0, 0.1) is 5.82 Å². The van der Waals surface area contributed by atoms with Gasteiger partial charge in [0.2, 0.25) is 5.91 Å². The number of hydrogen-bond donors (Lipinski definition) is 1. The second-order valence-electron chi connectivity index (χ2n) is 7.81. The Morgan fingerprint density at radius 2 is 2.00 bits per heavy atom. The zero-order chi connectivity index (χ0) is 20.2. The van der Waals surface area contributed by atoms with Gasteiger partial charge in [-0.25, -0.2) is 4.39 Å². The van der Waals surface area contributed by atoms with Crippen molar-refractivity contribution in [2.24, 2.45) is 0 Å². The van der Waals surface area contributed by atoms with E-state index in [1.807, 2.05) is 11.5 Å². The fourth-order valence-corrected chi connectivity index (χ4v) is 4.81. The summed E-state index contributed by atoms with van der Waals surface area (Å²) in [5, 5.41) is 12.3. The Kier molecular flexibility index (Phi) is 6.50. The quantitative estimate of drug-likeness (QED) is 0.693. The molecule has 1 aromatic heterocycles. The number of thioether (sulfide) groups is 1. The standard InChI is InChI=1S/C21H27FN4O2S/c1-14(20(27)23-17-5-2-3-6-17)29-21-25-24-19(15-8-10-16(22)11-9-15)26(21)13-18-7-4-12-28-18/h8-11,14,17-18H,2-7,12-13H2,1H3,(H,23,27). The number of amides is 1. The van der Waals surface area contributed by atoms with Gasteiger partial charge in [0.15, 0.2) is 11.0 Å². The second-order valence-corrected chi connectivity index (χ2v) is 9.12. The molecule has 4 rings (SSSR count). The molecule has 8 heteroatoms. The molecule has 2 heterocycles. The van der Waals surface area contributed by atoms with Crippen LogP contribution in [0.1, 0.15) is 45.4 Å². The zero-order valence-corrected chi connectivity index (χ0v) is 17.5. The lowest BCUT2D eigenvalue weighted by molar-refractivity contribution is -0.120. The molecule has 2 unspecified atom stereocenters. The number of nitrogens with one attached hydrogen (secondary N) is 1. The summed E-state index contributed by atoms with van der Waals surface area (Å²) in [5.41, 5.74) is 0.798. The molecule has 1 aliphatic heterocycles. The summed E-state index contributed by atoms with van der Waals surface area (Å²) in [6.07, 6.45) is 6.63. The molecule has 0 radical (unpaired) electrons. The van der Waals surface area contributed by atoms with E-state index in [1.54, 1.807) is 12.1 Å². The maximum absolute atomic E-state index is 13.4. The van der Waals surface area contributed by atoms with Gasteiger partial charge in [-0.3, -0.25) is 9.36 Å². The number of halogens is 1. The van der Waals surface area contributed by atoms with E-state index in [0.717, 1.165) is 37.9 Å². The minimum absolute atomic E-state index is 0.0388. The fourth-order valence-electron chi connectivity index (χ4n) is 3.95. The van der Waals surface area contributed by atoms with Crippen molar-refractivity contribution in [1.82, 2.24) is 20.1 Å². The van der Waals surface area contributed by atoms with Crippen molar-refractivity contribution in [3.05, 3.63) is 30.1 Å². The van der Waals surface area contributed by atoms with Crippen LogP contribution in [0.15, 0.2) is 29.4 Å². The van der Waals surface area contributed by atoms with Gasteiger partial charge in [-0.05, 0) is 56.9 Å². The number of ether oxygens (including phenoxy) is 1. The largest absolute Gasteiger partial charge is 0.376 e. The summed E-state index contributed by atoms with van der Waals surface area (Å²) in [4.78, 5) is 12.6. The van der Waals surface area contributed by atoms with Crippen molar-refractivity contribution in [2.75, 3.05) is 6.61 Å². The summed E-state index contributed by atoms with van der Waals surface area (Å²) in [6, 6.07) is 6.55. The molecule has 2 aromatic rings. The molecule has 1 amide bonds. The Bertz CT molecular complexity index is 830. The lowest BCUT2D eigenvalue weighted by atomic mass is 10.2. The number of rotatable bonds is 7. The molecule has 2 atom stereocenters. The van der Waals surface area contributed by atoms with Gasteiger partial charge < -0.3 is 10.1 Å². The van der Waals surface area contributed by atoms with Gasteiger partial charge in [0, 0.05) is 18.2 Å². The first-order valence-corrected chi connectivity index (χ1v) is 11.3. The van der Waals surface area contributed by atoms with E-state index in [9.17, 15) is 9.18 Å². The third-order valence-electron chi connectivity index (χ3n) is 5.58. The van der Waals surface area contributed by atoms with Crippen LogP contribution in [0.5, 0.6) is 0 Å². The van der Waals surface area contributed by atoms with E-state index in [4.69, 9.17) is 4.74 Å². The van der Waals surface area contributed by atoms with Crippen LogP contribution in [0.3, 0.4) is 0 Å². The Balaban J connectivity index is 1.53. The lowest BCUT2D eigenvalue weighted by Gasteiger charge is -2.18. The van der Waals surface area contributed by atoms with Gasteiger partial charge in [-0.15, -0.1) is 10.2 Å². The maximum Gasteiger partial charge on any atom is 0.233 e. The van der Waals surface area contributed by atoms with Crippen molar-refractivity contribution in [3.63, 3.8) is 0 Å². The molecule has 0 bridgehead atoms. The highest BCUT2D eigenvalue weighted by Crippen LogP contribution is 2.29. The van der Waals surface area contributed by atoms with Crippen LogP contribution < -0.4 is 5.32 Å². The van der Waals surface area contributed by atoms with Gasteiger partial charge in [0.1, 0.15) is 5.82 Å². The Labute approximate surface area is 174 Å². The Morgan fingerprint density at radius 3 is 2.69 bits per heavy atom. The summed E-state index contributed by atoms with van der Waals surface area (Å²) in [5.74, 6) is 0.425. The maximum atomic E-state index is 13.4. The van der Waals surface area contributed by atoms with Crippen molar-refractivity contribution >= 4 is 17.7 Å². The highest BCUT2D eigenvalue weighted by atomic mass is 32.2. The van der Waals surface area contributed by atoms with Crippen LogP contribution >= 0.6 is 11.8 Å². The minimum Gasteiger partial charge on any atom is -0.376 e. The first-order chi connectivity index (χ1) is 14.1. The summed E-state index contributed by atoms with van der Waals surface area (Å²) >= 11 is 1.41. The molecule has 1 aromatic carbocycles. The zero-order valence-electron chi connectivity index (χ0n) is 16.6. The first-order valence-electron chi connectivity index (χ1n) is 10.4. The van der Waals surface area contributed by atoms with Crippen molar-refractivity contribution < 1.29 is 13.9 Å². The number of carbonyl (C=O) groups excluding carboxylic acids is 1. The molecule has 29 heavy (non-hydrogen) atoms. The number of benzene rings is 1. The predicted molar refractivity (Wildman–Crippen MR) is 110 cm³/mol. The number of hydrogen-bond acceptors (Lipinski definition) is 5. The molecule has 2 aliphatic rings. The molecule has 0 spiro atoms. The first kappa shape index (κ1) is 20.3. The summed E-state index contributed by atoms with van der Waals surface area (Å²) < 4.78 is 21.2. The topological polar surface area (TPSA) is 69.0 Å². The van der Waals surface area contributed by atoms with E-state index < -0.39 is 0 Å². The minimum atomic E-state index is -0.286. The molecule has 1 aliphatic carbocycles. The SMILES string of the molecule is CC(Sc1nnc(-c2ccc(F)cc2)n1CC1CCCO1)C(=O)NC1CCCC1. The van der Waals surface area contributed by atoms with E-state index in [0.29, 0.717) is 23.6 Å². The van der Waals surface area contributed by atoms with E-state index in [1.165, 1.54) is 36.7 Å². The van der Waals surface area contributed by atoms with Gasteiger partial charge in [-0.1, -0.05) is 24.6 Å². The number of carbonyl (C=O) groups is 1. The molecule has 156 valence electrons. The average Bonchev–Trinajstić information content (AvgIpc) is 3.47. The Morgan fingerprint density at radius 1 is 1.24 bits per heavy atom. The number of nitrogens with zero attached hydrogens (tertiary/aromatic N) is 3. The van der Waals surface area contributed by atoms with Crippen LogP contribution in [-0.4, -0.2) is 44.7 Å². The summed E-state index contributed by atoms with van der Waals surface area (Å²) in [6.45, 7) is 3.29. The summed E-state index contributed by atoms with van der Waals surface area (Å²) in [7, 11) is 0. The van der Waals surface area contributed by atoms with Crippen LogP contribution in [-0.2, 0) is 16.1 Å². The van der Waals surface area contributed by atoms with E-state index in [2.05, 4.69) is 15.5 Å². The molecule has 1 saturated carbocycles. The van der Waals surface area contributed by atoms with Crippen LogP contribution in [0.25, 0.3) is 11.4 Å². The predicted octanol–water partition coefficient (Wildman–Crippen LogP) is 3.80. The smallest absolute Gasteiger partial charge is 0.233 e. The third-order valence-corrected chi connectivity index (χ3v) is 6.66. The molecule has 1 saturated heterocycles. The molecular formula is C21H27FN4O2S. The number of aromatic nitrogens is 3. The second kappa shape index (κ2) is 9.26. The van der Waals surface area contributed by atoms with Gasteiger partial charge in [0.25, 0.3) is 0 Å². The molecular weight excluding hydrogens is 391 g/mol. The normalized spacial score (nSPS) is 20.8. The highest BCUT2D eigenvalue weighted by molar-refractivity contribution is 8.00. The van der Waals surface area contributed by atoms with E-state index >= 15 is 0 Å². The fraction of sp³-hybridized carbons (Fsp3) is 0.571. The van der Waals surface area contributed by atoms with Crippen LogP contribution in [0.2, 0.25) is 0 Å². The monoisotopic (exact) mass is 418 g/mol. The van der Waals surface area contributed by atoms with Crippen molar-refractivity contribution in [1.29, 1.82) is 0 Å². The van der Waals surface area contributed by atoms with E-state index in [-0.39, 0.29) is 23.1 Å². The molecule has 1 N–H and O–H groups in total. The van der Waals surface area contributed by atoms with Gasteiger partial charge >= 0.3 is 0 Å². The molecule has 6 nitrogen and oxygen atoms in total. The van der Waals surface area contributed by atoms with Crippen molar-refractivity contribution in [3.8, 4) is 11.4 Å². The van der Waals surface area contributed by atoms with Gasteiger partial charge in [-0.2, -0.15) is 0 Å². The third kappa shape index (κ3) is 4.98. The van der Waals surface area contributed by atoms with Crippen LogP contribution in [0.4, 0.5) is 4.39 Å². The average molecular weight is 419 g/mol. The van der Waals surface area contributed by atoms with Crippen molar-refractivity contribution in [2.45, 2.75) is 74.5 Å². The van der Waals surface area contributed by atoms with Gasteiger partial charge in [0.05, 0.1) is 17.9 Å². The Hall–Kier alpha value is -1.93.